The molecule has 1 aromatic carbocycles. The molecular weight excluding hydrogens is 380 g/mol. The van der Waals surface area contributed by atoms with Gasteiger partial charge in [-0.3, -0.25) is 9.59 Å². The monoisotopic (exact) mass is 396 g/mol. The lowest BCUT2D eigenvalue weighted by atomic mass is 10.1. The fourth-order valence-corrected chi connectivity index (χ4v) is 3.14. The van der Waals surface area contributed by atoms with Gasteiger partial charge in [-0.05, 0) is 19.1 Å². The van der Waals surface area contributed by atoms with Crippen molar-refractivity contribution in [2.45, 2.75) is 30.2 Å². The van der Waals surface area contributed by atoms with Crippen LogP contribution in [0.25, 0.3) is 0 Å². The molecule has 0 bridgehead atoms. The smallest absolute Gasteiger partial charge is 0.217 e. The molecule has 0 spiro atoms. The Balaban J connectivity index is 2.05. The minimum Gasteiger partial charge on any atom is -0.370 e. The number of hydrogen-bond acceptors (Lipinski definition) is 5. The van der Waals surface area contributed by atoms with E-state index in [9.17, 15) is 9.59 Å². The lowest BCUT2D eigenvalue weighted by molar-refractivity contribution is -0.118. The molecule has 122 valence electrons. The number of nitrogens with zero attached hydrogens (tertiary/aromatic N) is 3. The summed E-state index contributed by atoms with van der Waals surface area (Å²) in [6.45, 7) is 1.84. The van der Waals surface area contributed by atoms with Crippen LogP contribution in [-0.2, 0) is 18.3 Å². The number of benzene rings is 1. The van der Waals surface area contributed by atoms with Crippen LogP contribution in [0.1, 0.15) is 29.5 Å². The van der Waals surface area contributed by atoms with E-state index in [1.807, 2.05) is 26.1 Å². The summed E-state index contributed by atoms with van der Waals surface area (Å²) in [5, 5.41) is 8.49. The summed E-state index contributed by atoms with van der Waals surface area (Å²) in [6, 6.07) is 7.26. The molecule has 0 aliphatic heterocycles. The van der Waals surface area contributed by atoms with Gasteiger partial charge < -0.3 is 10.3 Å². The molecule has 0 radical (unpaired) electrons. The van der Waals surface area contributed by atoms with Gasteiger partial charge in [-0.15, -0.1) is 10.2 Å². The van der Waals surface area contributed by atoms with E-state index >= 15 is 0 Å². The highest BCUT2D eigenvalue weighted by molar-refractivity contribution is 9.10. The predicted octanol–water partition coefficient (Wildman–Crippen LogP) is 2.36. The van der Waals surface area contributed by atoms with E-state index in [0.29, 0.717) is 23.0 Å². The summed E-state index contributed by atoms with van der Waals surface area (Å²) < 4.78 is 2.72. The van der Waals surface area contributed by atoms with Gasteiger partial charge >= 0.3 is 0 Å². The number of hydrogen-bond donors (Lipinski definition) is 1. The molecule has 0 saturated heterocycles. The zero-order valence-corrected chi connectivity index (χ0v) is 15.2. The van der Waals surface area contributed by atoms with Crippen molar-refractivity contribution in [1.82, 2.24) is 14.8 Å². The summed E-state index contributed by atoms with van der Waals surface area (Å²) in [6.07, 6.45) is 0.665. The van der Waals surface area contributed by atoms with Crippen LogP contribution < -0.4 is 5.73 Å². The van der Waals surface area contributed by atoms with E-state index in [1.165, 1.54) is 11.8 Å². The van der Waals surface area contributed by atoms with E-state index in [2.05, 4.69) is 26.1 Å². The van der Waals surface area contributed by atoms with Crippen LogP contribution in [-0.4, -0.2) is 31.7 Å². The third-order valence-electron chi connectivity index (χ3n) is 3.30. The first-order valence-electron chi connectivity index (χ1n) is 7.01. The second kappa shape index (κ2) is 7.74. The van der Waals surface area contributed by atoms with Crippen molar-refractivity contribution in [2.75, 3.05) is 0 Å². The molecule has 1 amide bonds. The van der Waals surface area contributed by atoms with Gasteiger partial charge in [-0.25, -0.2) is 0 Å². The first-order valence-corrected chi connectivity index (χ1v) is 8.68. The first-order chi connectivity index (χ1) is 10.9. The molecule has 0 unspecified atom stereocenters. The van der Waals surface area contributed by atoms with Crippen LogP contribution in [0.4, 0.5) is 0 Å². The normalized spacial score (nSPS) is 12.1. The molecular formula is C15H17BrN4O2S. The maximum atomic E-state index is 12.4. The van der Waals surface area contributed by atoms with Gasteiger partial charge in [0, 0.05) is 29.9 Å². The number of rotatable bonds is 7. The van der Waals surface area contributed by atoms with Crippen LogP contribution in [0.15, 0.2) is 33.9 Å². The Kier molecular flexibility index (Phi) is 5.95. The molecule has 23 heavy (non-hydrogen) atoms. The average molecular weight is 397 g/mol. The predicted molar refractivity (Wildman–Crippen MR) is 92.3 cm³/mol. The minimum atomic E-state index is -0.374. The van der Waals surface area contributed by atoms with Crippen molar-refractivity contribution in [1.29, 1.82) is 0 Å². The molecule has 0 fully saturated rings. The van der Waals surface area contributed by atoms with Crippen LogP contribution in [0, 0.1) is 0 Å². The number of thioether (sulfide) groups is 1. The Hall–Kier alpha value is -1.67. The van der Waals surface area contributed by atoms with E-state index < -0.39 is 0 Å². The van der Waals surface area contributed by atoms with Gasteiger partial charge in [0.25, 0.3) is 0 Å². The Bertz CT molecular complexity index is 715. The number of aryl methyl sites for hydroxylation is 1. The fourth-order valence-electron chi connectivity index (χ4n) is 1.96. The van der Waals surface area contributed by atoms with E-state index in [-0.39, 0.29) is 23.4 Å². The van der Waals surface area contributed by atoms with E-state index in [1.54, 1.807) is 16.7 Å². The topological polar surface area (TPSA) is 90.9 Å². The van der Waals surface area contributed by atoms with Crippen LogP contribution in [0.5, 0.6) is 0 Å². The van der Waals surface area contributed by atoms with Crippen LogP contribution >= 0.6 is 27.7 Å². The second-order valence-corrected chi connectivity index (χ2v) is 7.28. The van der Waals surface area contributed by atoms with E-state index in [4.69, 9.17) is 5.73 Å². The van der Waals surface area contributed by atoms with Crippen molar-refractivity contribution in [3.8, 4) is 0 Å². The number of halogens is 1. The summed E-state index contributed by atoms with van der Waals surface area (Å²) in [4.78, 5) is 23.3. The highest BCUT2D eigenvalue weighted by Crippen LogP contribution is 2.25. The lowest BCUT2D eigenvalue weighted by Crippen LogP contribution is -2.15. The van der Waals surface area contributed by atoms with Gasteiger partial charge in [-0.1, -0.05) is 39.8 Å². The Morgan fingerprint density at radius 3 is 2.57 bits per heavy atom. The quantitative estimate of drug-likeness (QED) is 0.572. The maximum absolute atomic E-state index is 12.4. The highest BCUT2D eigenvalue weighted by atomic mass is 79.9. The number of aromatic nitrogens is 3. The third-order valence-corrected chi connectivity index (χ3v) is 4.96. The summed E-state index contributed by atoms with van der Waals surface area (Å²) in [7, 11) is 1.81. The average Bonchev–Trinajstić information content (AvgIpc) is 2.85. The molecule has 6 nitrogen and oxygen atoms in total. The molecule has 0 saturated carbocycles. The second-order valence-electron chi connectivity index (χ2n) is 5.06. The number of Topliss-reactive ketones (excluding diaryl/α,β-unsaturated/α-hetero) is 1. The van der Waals surface area contributed by atoms with Crippen LogP contribution in [0.3, 0.4) is 0 Å². The third kappa shape index (κ3) is 4.65. The Morgan fingerprint density at radius 1 is 1.30 bits per heavy atom. The number of ketones is 1. The van der Waals surface area contributed by atoms with Crippen molar-refractivity contribution < 1.29 is 9.59 Å². The zero-order valence-electron chi connectivity index (χ0n) is 12.8. The Labute approximate surface area is 147 Å². The largest absolute Gasteiger partial charge is 0.370 e. The fraction of sp³-hybridized carbons (Fsp3) is 0.333. The van der Waals surface area contributed by atoms with Crippen molar-refractivity contribution in [2.24, 2.45) is 12.8 Å². The molecule has 0 aliphatic carbocycles. The molecule has 8 heteroatoms. The maximum Gasteiger partial charge on any atom is 0.217 e. The van der Waals surface area contributed by atoms with Crippen molar-refractivity contribution >= 4 is 39.4 Å². The SMILES string of the molecule is C[C@H](Sc1nnc(CCC(N)=O)n1C)C(=O)c1ccc(Br)cc1. The molecule has 2 aromatic rings. The summed E-state index contributed by atoms with van der Waals surface area (Å²) >= 11 is 4.70. The molecule has 2 N–H and O–H groups in total. The van der Waals surface area contributed by atoms with Crippen LogP contribution in [0.2, 0.25) is 0 Å². The molecule has 1 atom stereocenters. The zero-order chi connectivity index (χ0) is 17.0. The number of carbonyl (C=O) groups is 2. The lowest BCUT2D eigenvalue weighted by Gasteiger charge is -2.10. The number of nitrogens with two attached hydrogens (primary N) is 1. The standard InChI is InChI=1S/C15H17BrN4O2S/c1-9(14(22)10-3-5-11(16)6-4-10)23-15-19-18-13(20(15)2)8-7-12(17)21/h3-6,9H,7-8H2,1-2H3,(H2,17,21)/t9-/m0/s1. The van der Waals surface area contributed by atoms with Gasteiger partial charge in [0.15, 0.2) is 10.9 Å². The molecule has 0 aliphatic rings. The van der Waals surface area contributed by atoms with Crippen molar-refractivity contribution in [3.63, 3.8) is 0 Å². The summed E-state index contributed by atoms with van der Waals surface area (Å²) in [5.41, 5.74) is 5.80. The highest BCUT2D eigenvalue weighted by Gasteiger charge is 2.20. The Morgan fingerprint density at radius 2 is 1.96 bits per heavy atom. The van der Waals surface area contributed by atoms with Gasteiger partial charge in [0.2, 0.25) is 5.91 Å². The van der Waals surface area contributed by atoms with Gasteiger partial charge in [0.05, 0.1) is 5.25 Å². The number of primary amides is 1. The minimum absolute atomic E-state index is 0.0317. The van der Waals surface area contributed by atoms with E-state index in [0.717, 1.165) is 4.47 Å². The number of amides is 1. The number of carbonyl (C=O) groups excluding carboxylic acids is 2. The van der Waals surface area contributed by atoms with Crippen molar-refractivity contribution in [3.05, 3.63) is 40.1 Å². The molecule has 2 rings (SSSR count). The molecule has 1 heterocycles. The van der Waals surface area contributed by atoms with Gasteiger partial charge in [-0.2, -0.15) is 0 Å². The first kappa shape index (κ1) is 17.7. The molecule has 1 aromatic heterocycles. The summed E-state index contributed by atoms with van der Waals surface area (Å²) in [5.74, 6) is 0.333. The van der Waals surface area contributed by atoms with Gasteiger partial charge in [0.1, 0.15) is 5.82 Å².